The van der Waals surface area contributed by atoms with Crippen molar-refractivity contribution in [1.82, 2.24) is 14.4 Å². The van der Waals surface area contributed by atoms with E-state index in [4.69, 9.17) is 0 Å². The van der Waals surface area contributed by atoms with Crippen LogP contribution in [0.1, 0.15) is 33.4 Å². The van der Waals surface area contributed by atoms with E-state index in [0.717, 1.165) is 22.0 Å². The number of piperazine rings is 1. The maximum atomic E-state index is 14.4. The fourth-order valence-corrected chi connectivity index (χ4v) is 6.01. The molecule has 0 radical (unpaired) electrons. The number of hydrogen-bond donors (Lipinski definition) is 0. The number of fused-ring (bicyclic) bond motifs is 2. The van der Waals surface area contributed by atoms with Crippen LogP contribution in [-0.2, 0) is 11.8 Å². The van der Waals surface area contributed by atoms with Gasteiger partial charge in [-0.3, -0.25) is 9.59 Å². The van der Waals surface area contributed by atoms with Crippen LogP contribution in [0.15, 0.2) is 79.0 Å². The zero-order chi connectivity index (χ0) is 25.7. The highest BCUT2D eigenvalue weighted by Gasteiger charge is 2.45. The van der Waals surface area contributed by atoms with Gasteiger partial charge in [0.15, 0.2) is 0 Å². The van der Waals surface area contributed by atoms with Crippen molar-refractivity contribution in [2.45, 2.75) is 12.0 Å². The molecule has 6 rings (SSSR count). The van der Waals surface area contributed by atoms with Crippen molar-refractivity contribution < 1.29 is 14.0 Å². The van der Waals surface area contributed by atoms with Crippen LogP contribution >= 0.6 is 0 Å². The van der Waals surface area contributed by atoms with Crippen LogP contribution in [0.2, 0.25) is 0 Å². The van der Waals surface area contributed by atoms with Crippen molar-refractivity contribution in [3.05, 3.63) is 102 Å². The topological polar surface area (TPSA) is 48.8 Å². The van der Waals surface area contributed by atoms with E-state index in [-0.39, 0.29) is 17.6 Å². The Hall–Kier alpha value is -4.13. The Balaban J connectivity index is 1.38. The van der Waals surface area contributed by atoms with Gasteiger partial charge in [0.1, 0.15) is 5.82 Å². The average Bonchev–Trinajstić information content (AvgIpc) is 3.26. The first-order chi connectivity index (χ1) is 18.0. The molecular formula is C30H29FN4O2. The van der Waals surface area contributed by atoms with Gasteiger partial charge in [-0.15, -0.1) is 0 Å². The van der Waals surface area contributed by atoms with Crippen molar-refractivity contribution in [2.75, 3.05) is 38.1 Å². The number of aryl methyl sites for hydroxylation is 1. The summed E-state index contributed by atoms with van der Waals surface area (Å²) in [5.41, 5.74) is 3.93. The number of nitrogens with zero attached hydrogens (tertiary/aromatic N) is 4. The van der Waals surface area contributed by atoms with E-state index in [1.807, 2.05) is 65.5 Å². The van der Waals surface area contributed by atoms with E-state index >= 15 is 0 Å². The smallest absolute Gasteiger partial charge is 0.254 e. The molecule has 1 fully saturated rings. The molecule has 0 aliphatic carbocycles. The number of likely N-dealkylation sites (N-methyl/N-ethyl adjacent to an activating group) is 1. The number of anilines is 1. The molecule has 0 N–H and O–H groups in total. The Labute approximate surface area is 215 Å². The second-order valence-electron chi connectivity index (χ2n) is 9.90. The number of carbonyl (C=O) groups excluding carboxylic acids is 2. The standard InChI is InChI=1S/C30H29FN4O2/c1-32-19-23(20-9-5-7-13-25(20)32)28-27(21-10-3-4-11-22(21)29(36)33(28)2)30(37)35-17-15-34(16-18-35)26-14-8-6-12-24(26)31/h3-14,19,27-28H,15-18H2,1-2H3. The van der Waals surface area contributed by atoms with Crippen LogP contribution in [0.25, 0.3) is 10.9 Å². The van der Waals surface area contributed by atoms with Crippen LogP contribution in [0.4, 0.5) is 10.1 Å². The lowest BCUT2D eigenvalue weighted by atomic mass is 9.79. The summed E-state index contributed by atoms with van der Waals surface area (Å²) in [5, 5.41) is 1.04. The van der Waals surface area contributed by atoms with Gasteiger partial charge in [-0.2, -0.15) is 0 Å². The van der Waals surface area contributed by atoms with Gasteiger partial charge in [0.2, 0.25) is 5.91 Å². The van der Waals surface area contributed by atoms with E-state index in [1.165, 1.54) is 6.07 Å². The van der Waals surface area contributed by atoms with Gasteiger partial charge in [-0.05, 0) is 29.8 Å². The van der Waals surface area contributed by atoms with Crippen LogP contribution < -0.4 is 4.90 Å². The molecule has 4 aromatic rings. The molecule has 0 spiro atoms. The van der Waals surface area contributed by atoms with Crippen LogP contribution in [0.5, 0.6) is 0 Å². The number of amides is 2. The molecule has 2 atom stereocenters. The van der Waals surface area contributed by atoms with Crippen LogP contribution in [0, 0.1) is 5.82 Å². The number of hydrogen-bond acceptors (Lipinski definition) is 3. The van der Waals surface area contributed by atoms with Gasteiger partial charge in [-0.1, -0.05) is 48.5 Å². The van der Waals surface area contributed by atoms with E-state index in [1.54, 1.807) is 24.1 Å². The average molecular weight is 497 g/mol. The van der Waals surface area contributed by atoms with E-state index in [9.17, 15) is 14.0 Å². The molecule has 2 aliphatic rings. The number of benzene rings is 3. The van der Waals surface area contributed by atoms with Crippen molar-refractivity contribution >= 4 is 28.4 Å². The molecule has 3 aromatic carbocycles. The molecule has 2 aliphatic heterocycles. The quantitative estimate of drug-likeness (QED) is 0.417. The summed E-state index contributed by atoms with van der Waals surface area (Å²) in [6.07, 6.45) is 2.05. The fraction of sp³-hybridized carbons (Fsp3) is 0.267. The van der Waals surface area contributed by atoms with Gasteiger partial charge in [0.05, 0.1) is 17.6 Å². The van der Waals surface area contributed by atoms with E-state index in [2.05, 4.69) is 16.7 Å². The zero-order valence-electron chi connectivity index (χ0n) is 21.0. The van der Waals surface area contributed by atoms with Crippen molar-refractivity contribution in [3.8, 4) is 0 Å². The summed E-state index contributed by atoms with van der Waals surface area (Å²) in [5.74, 6) is -0.871. The van der Waals surface area contributed by atoms with Crippen molar-refractivity contribution in [2.24, 2.45) is 7.05 Å². The lowest BCUT2D eigenvalue weighted by Gasteiger charge is -2.43. The summed E-state index contributed by atoms with van der Waals surface area (Å²) >= 11 is 0. The number of carbonyl (C=O) groups is 2. The normalized spacial score (nSPS) is 19.9. The van der Waals surface area contributed by atoms with E-state index < -0.39 is 12.0 Å². The molecule has 6 nitrogen and oxygen atoms in total. The zero-order valence-corrected chi connectivity index (χ0v) is 21.0. The van der Waals surface area contributed by atoms with E-state index in [0.29, 0.717) is 37.4 Å². The Kier molecular flexibility index (Phi) is 5.71. The Morgan fingerprint density at radius 1 is 0.838 bits per heavy atom. The minimum atomic E-state index is -0.537. The number of para-hydroxylation sites is 2. The molecule has 1 aromatic heterocycles. The summed E-state index contributed by atoms with van der Waals surface area (Å²) in [6.45, 7) is 2.08. The minimum Gasteiger partial charge on any atom is -0.366 e. The molecule has 2 unspecified atom stereocenters. The molecule has 2 amide bonds. The molecule has 0 saturated carbocycles. The predicted octanol–water partition coefficient (Wildman–Crippen LogP) is 4.58. The first kappa shape index (κ1) is 23.3. The third-order valence-corrected chi connectivity index (χ3v) is 7.88. The second kappa shape index (κ2) is 9.07. The third-order valence-electron chi connectivity index (χ3n) is 7.88. The predicted molar refractivity (Wildman–Crippen MR) is 142 cm³/mol. The van der Waals surface area contributed by atoms with Crippen molar-refractivity contribution in [1.29, 1.82) is 0 Å². The Morgan fingerprint density at radius 2 is 1.51 bits per heavy atom. The highest BCUT2D eigenvalue weighted by molar-refractivity contribution is 6.02. The summed E-state index contributed by atoms with van der Waals surface area (Å²) in [7, 11) is 3.78. The molecule has 37 heavy (non-hydrogen) atoms. The first-order valence-electron chi connectivity index (χ1n) is 12.6. The lowest BCUT2D eigenvalue weighted by molar-refractivity contribution is -0.134. The molecule has 0 bridgehead atoms. The first-order valence-corrected chi connectivity index (χ1v) is 12.6. The van der Waals surface area contributed by atoms with Gasteiger partial charge < -0.3 is 19.3 Å². The summed E-state index contributed by atoms with van der Waals surface area (Å²) in [6, 6.07) is 21.9. The highest BCUT2D eigenvalue weighted by Crippen LogP contribution is 2.45. The highest BCUT2D eigenvalue weighted by atomic mass is 19.1. The molecule has 188 valence electrons. The Bertz CT molecular complexity index is 1500. The largest absolute Gasteiger partial charge is 0.366 e. The number of halogens is 1. The Morgan fingerprint density at radius 3 is 2.30 bits per heavy atom. The molecular weight excluding hydrogens is 467 g/mol. The monoisotopic (exact) mass is 496 g/mol. The van der Waals surface area contributed by atoms with Gasteiger partial charge in [0.25, 0.3) is 5.91 Å². The van der Waals surface area contributed by atoms with Gasteiger partial charge >= 0.3 is 0 Å². The summed E-state index contributed by atoms with van der Waals surface area (Å²) < 4.78 is 16.4. The number of aromatic nitrogens is 1. The van der Waals surface area contributed by atoms with Gasteiger partial charge in [-0.25, -0.2) is 4.39 Å². The van der Waals surface area contributed by atoms with Crippen LogP contribution in [0.3, 0.4) is 0 Å². The van der Waals surface area contributed by atoms with Crippen LogP contribution in [-0.4, -0.2) is 59.4 Å². The molecule has 7 heteroatoms. The SMILES string of the molecule is CN1C(=O)c2ccccc2C(C(=O)N2CCN(c3ccccc3F)CC2)C1c1cn(C)c2ccccc12. The third kappa shape index (κ3) is 3.77. The summed E-state index contributed by atoms with van der Waals surface area (Å²) in [4.78, 5) is 33.4. The number of rotatable bonds is 3. The fourth-order valence-electron chi connectivity index (χ4n) is 6.01. The van der Waals surface area contributed by atoms with Gasteiger partial charge in [0, 0.05) is 68.5 Å². The lowest BCUT2D eigenvalue weighted by Crippen LogP contribution is -2.53. The maximum absolute atomic E-state index is 14.4. The molecule has 1 saturated heterocycles. The minimum absolute atomic E-state index is 0.00193. The second-order valence-corrected chi connectivity index (χ2v) is 9.90. The van der Waals surface area contributed by atoms with Crippen molar-refractivity contribution in [3.63, 3.8) is 0 Å². The molecule has 3 heterocycles. The maximum Gasteiger partial charge on any atom is 0.254 e.